The van der Waals surface area contributed by atoms with Crippen LogP contribution in [0.5, 0.6) is 0 Å². The van der Waals surface area contributed by atoms with E-state index in [0.29, 0.717) is 11.3 Å². The van der Waals surface area contributed by atoms with E-state index in [2.05, 4.69) is 26.9 Å². The Morgan fingerprint density at radius 3 is 1.09 bits per heavy atom. The summed E-state index contributed by atoms with van der Waals surface area (Å²) in [6.45, 7) is 10.1. The number of non-ortho nitro benzene ring substituents is 2. The summed E-state index contributed by atoms with van der Waals surface area (Å²) >= 11 is 0. The van der Waals surface area contributed by atoms with Gasteiger partial charge in [0.05, 0.1) is 62.7 Å². The molecule has 2 unspecified atom stereocenters. The number of nitrogens with zero attached hydrogens (tertiary/aromatic N) is 5. The molecule has 12 atom stereocenters. The van der Waals surface area contributed by atoms with Crippen molar-refractivity contribution in [3.05, 3.63) is 163 Å². The highest BCUT2D eigenvalue weighted by atomic mass is 32.2. The van der Waals surface area contributed by atoms with Gasteiger partial charge in [0.1, 0.15) is 103 Å². The van der Waals surface area contributed by atoms with Crippen molar-refractivity contribution in [2.45, 2.75) is 141 Å². The van der Waals surface area contributed by atoms with Gasteiger partial charge in [0, 0.05) is 52.2 Å². The Balaban J connectivity index is 0.000000118. The maximum atomic E-state index is 14.6. The average Bonchev–Trinajstić information content (AvgIpc) is 1.33. The average molecular weight is 1440 g/mol. The van der Waals surface area contributed by atoms with Crippen LogP contribution in [0.4, 0.5) is 28.9 Å². The van der Waals surface area contributed by atoms with Gasteiger partial charge in [-0.2, -0.15) is 0 Å². The summed E-state index contributed by atoms with van der Waals surface area (Å²) < 4.78 is 182. The molecule has 33 heteroatoms. The summed E-state index contributed by atoms with van der Waals surface area (Å²) in [5.74, 6) is -2.67. The zero-order valence-electron chi connectivity index (χ0n) is 53.9. The lowest BCUT2D eigenvalue weighted by Gasteiger charge is -2.49. The fourth-order valence-electron chi connectivity index (χ4n) is 16.3. The van der Waals surface area contributed by atoms with Gasteiger partial charge in [-0.1, -0.05) is 43.0 Å². The third-order valence-corrected chi connectivity index (χ3v) is 35.3. The molecule has 8 heterocycles. The molecule has 25 nitrogen and oxygen atoms in total. The number of rotatable bonds is 10. The number of benzene rings is 4. The molecule has 4 saturated carbocycles. The van der Waals surface area contributed by atoms with Crippen LogP contribution in [0.1, 0.15) is 101 Å². The first-order chi connectivity index (χ1) is 46.0. The largest absolute Gasteiger partial charge is 0.386 e. The van der Waals surface area contributed by atoms with Crippen molar-refractivity contribution >= 4 is 68.2 Å². The van der Waals surface area contributed by atoms with E-state index >= 15 is 0 Å². The molecule has 7 N–H and O–H groups in total. The molecule has 0 amide bonds. The Hall–Kier alpha value is -7.01. The number of nitro benzene ring substituents is 2. The molecule has 0 spiro atoms. The van der Waals surface area contributed by atoms with Gasteiger partial charge in [0.2, 0.25) is 0 Å². The standard InChI is InChI=1S/C17H20FNO3S.2C16H18FN3O5S.C16H19FN2O3S/c1-11-16(2,12-7-8-12)23(20,21)15-9-22-10-17(15,19-11)13-5-3-4-6-14(13)18;2*1-15(9-2-3-9)14(18)19-16(8-25-7-13(16)26(15,23)24)11-6-10(20(21)22)4-5-12(11)17;1-15(10-6-7-10)14(18)19-16(11-4-2-3-5-12(11)17)9-22-8-13(16)23(15,20)21/h3-6,12,15,19H,1,7-10H2,2H3;2*4-6,9,13H,2-3,7-8H2,1H3,(H2,18,19);2-5,10,13H,6-9H2,1H3,(H2,18,19)/t15-,16?,17-;13-,15+,16-;13-,15-,16-;13-,15?,16-/m1111/s1. The highest BCUT2D eigenvalue weighted by Gasteiger charge is 2.71. The van der Waals surface area contributed by atoms with Gasteiger partial charge in [-0.25, -0.2) is 51.2 Å². The highest BCUT2D eigenvalue weighted by Crippen LogP contribution is 2.59. The first kappa shape index (κ1) is 69.5. The molecular weight excluding hydrogens is 1370 g/mol. The number of ether oxygens (including phenoxy) is 4. The molecule has 528 valence electrons. The van der Waals surface area contributed by atoms with Gasteiger partial charge in [-0.3, -0.25) is 35.2 Å². The van der Waals surface area contributed by atoms with Crippen LogP contribution < -0.4 is 22.5 Å². The second-order valence-electron chi connectivity index (χ2n) is 28.4. The van der Waals surface area contributed by atoms with Gasteiger partial charge >= 0.3 is 0 Å². The summed E-state index contributed by atoms with van der Waals surface area (Å²) in [6, 6.07) is 18.4. The number of hydrogen-bond donors (Lipinski definition) is 4. The molecule has 9 fully saturated rings. The van der Waals surface area contributed by atoms with Gasteiger partial charge in [0.15, 0.2) is 39.3 Å². The van der Waals surface area contributed by atoms with Gasteiger partial charge in [-0.15, -0.1) is 0 Å². The number of sulfone groups is 4. The number of halogens is 4. The Morgan fingerprint density at radius 1 is 0.449 bits per heavy atom. The second-order valence-corrected chi connectivity index (χ2v) is 38.4. The monoisotopic (exact) mass is 1440 g/mol. The minimum atomic E-state index is -3.86. The molecule has 98 heavy (non-hydrogen) atoms. The zero-order chi connectivity index (χ0) is 70.7. The maximum absolute atomic E-state index is 14.6. The van der Waals surface area contributed by atoms with Crippen LogP contribution in [-0.4, -0.2) is 154 Å². The van der Waals surface area contributed by atoms with Gasteiger partial charge < -0.3 is 41.5 Å². The Labute approximate surface area is 563 Å². The SMILES string of the molecule is C=C1N[C@@]2(c3ccccc3F)COC[C@H]2S(=O)(=O)C1(C)C1CC1.CC1(C2CC2)C(N)=N[C@@]2(c3ccccc3F)COC[C@H]2S1(=O)=O.C[C@@]1(C2CC2)C(N)=N[C@@]2(c3cc([N+](=O)[O-])ccc3F)COC[C@H]2S1(=O)=O.C[C@]1(C2CC2)C(N)=N[C@@]2(c3cc([N+](=O)[O-])ccc3F)COC[C@H]2S1(=O)=O. The predicted molar refractivity (Wildman–Crippen MR) is 351 cm³/mol. The van der Waals surface area contributed by atoms with Crippen molar-refractivity contribution in [3.8, 4) is 0 Å². The van der Waals surface area contributed by atoms with Crippen LogP contribution in [0.3, 0.4) is 0 Å². The first-order valence-corrected chi connectivity index (χ1v) is 38.3. The zero-order valence-corrected chi connectivity index (χ0v) is 57.1. The van der Waals surface area contributed by atoms with Gasteiger partial charge in [0.25, 0.3) is 11.4 Å². The lowest BCUT2D eigenvalue weighted by molar-refractivity contribution is -0.385. The number of nitrogens with one attached hydrogen (secondary N) is 1. The molecular formula is C65H75F4N9O16S4. The maximum Gasteiger partial charge on any atom is 0.270 e. The van der Waals surface area contributed by atoms with Crippen molar-refractivity contribution in [2.24, 2.45) is 55.8 Å². The number of aliphatic imine (C=N–C) groups is 3. The summed E-state index contributed by atoms with van der Waals surface area (Å²) in [5.41, 5.74) is 12.8. The normalized spacial score (nSPS) is 37.1. The van der Waals surface area contributed by atoms with Crippen LogP contribution in [0.15, 0.2) is 112 Å². The first-order valence-electron chi connectivity index (χ1n) is 32.2. The molecule has 0 bridgehead atoms. The fraction of sp³-hybridized carbons (Fsp3) is 0.554. The van der Waals surface area contributed by atoms with E-state index in [1.54, 1.807) is 64.1 Å². The summed E-state index contributed by atoms with van der Waals surface area (Å²) in [5, 5.41) is 21.5. The third-order valence-electron chi connectivity index (χ3n) is 23.2. The molecule has 5 saturated heterocycles. The minimum absolute atomic E-state index is 0.00419. The number of hydrogen-bond acceptors (Lipinski definition) is 23. The van der Waals surface area contributed by atoms with Crippen molar-refractivity contribution in [3.63, 3.8) is 0 Å². The van der Waals surface area contributed by atoms with Crippen molar-refractivity contribution in [1.82, 2.24) is 5.32 Å². The highest BCUT2D eigenvalue weighted by molar-refractivity contribution is 7.95. The van der Waals surface area contributed by atoms with Crippen LogP contribution >= 0.6 is 0 Å². The third kappa shape index (κ3) is 9.81. The second kappa shape index (κ2) is 23.3. The van der Waals surface area contributed by atoms with E-state index < -0.39 is 135 Å². The molecule has 4 aromatic carbocycles. The molecule has 16 rings (SSSR count). The summed E-state index contributed by atoms with van der Waals surface area (Å²) in [7, 11) is -14.9. The van der Waals surface area contributed by atoms with Crippen molar-refractivity contribution in [1.29, 1.82) is 0 Å². The van der Waals surface area contributed by atoms with E-state index in [0.717, 1.165) is 87.8 Å². The molecule has 0 radical (unpaired) electrons. The fourth-order valence-corrected chi connectivity index (χ4v) is 27.1. The number of amidine groups is 3. The molecule has 4 aliphatic carbocycles. The lowest BCUT2D eigenvalue weighted by Crippen LogP contribution is -2.66. The van der Waals surface area contributed by atoms with Crippen LogP contribution in [0, 0.1) is 67.2 Å². The summed E-state index contributed by atoms with van der Waals surface area (Å²) in [6.07, 6.45) is 6.36. The van der Waals surface area contributed by atoms with Crippen molar-refractivity contribution in [2.75, 3.05) is 52.9 Å². The Kier molecular flexibility index (Phi) is 16.5. The van der Waals surface area contributed by atoms with Crippen LogP contribution in [0.25, 0.3) is 0 Å². The van der Waals surface area contributed by atoms with E-state index in [1.165, 1.54) is 12.1 Å². The van der Waals surface area contributed by atoms with Crippen LogP contribution in [0.2, 0.25) is 0 Å². The lowest BCUT2D eigenvalue weighted by atomic mass is 9.85. The molecule has 12 aliphatic rings. The number of nitrogens with two attached hydrogens (primary N) is 3. The molecule has 8 aliphatic heterocycles. The van der Waals surface area contributed by atoms with E-state index in [1.807, 2.05) is 0 Å². The van der Waals surface area contributed by atoms with Crippen LogP contribution in [-0.2, 0) is 80.5 Å². The van der Waals surface area contributed by atoms with E-state index in [-0.39, 0.29) is 122 Å². The Morgan fingerprint density at radius 2 is 0.745 bits per heavy atom. The van der Waals surface area contributed by atoms with E-state index in [4.69, 9.17) is 36.1 Å². The van der Waals surface area contributed by atoms with E-state index in [9.17, 15) is 71.5 Å². The minimum Gasteiger partial charge on any atom is -0.386 e. The van der Waals surface area contributed by atoms with Crippen molar-refractivity contribution < 1.29 is 80.0 Å². The van der Waals surface area contributed by atoms with Gasteiger partial charge in [-0.05, 0) is 127 Å². The quantitative estimate of drug-likeness (QED) is 0.0796. The number of nitro groups is 2. The Bertz CT molecular complexity index is 4470. The molecule has 4 aromatic rings. The smallest absolute Gasteiger partial charge is 0.270 e. The topological polar surface area (TPSA) is 387 Å². The predicted octanol–water partition coefficient (Wildman–Crippen LogP) is 6.06. The number of fused-ring (bicyclic) bond motifs is 4. The summed E-state index contributed by atoms with van der Waals surface area (Å²) in [4.78, 5) is 34.3. The molecule has 0 aromatic heterocycles.